The van der Waals surface area contributed by atoms with E-state index in [0.29, 0.717) is 6.54 Å². The highest BCUT2D eigenvalue weighted by Crippen LogP contribution is 1.76. The van der Waals surface area contributed by atoms with Crippen LogP contribution in [0.4, 0.5) is 0 Å². The fourth-order valence-electron chi connectivity index (χ4n) is 0.440. The molecule has 0 aliphatic carbocycles. The molecular formula is C6H9N5. The smallest absolute Gasteiger partial charge is 0.218 e. The number of rotatable bonds is 2. The van der Waals surface area contributed by atoms with E-state index in [-0.39, 0.29) is 5.96 Å². The second kappa shape index (κ2) is 6.37. The third-order valence-corrected chi connectivity index (χ3v) is 0.842. The topological polar surface area (TPSA) is 84.0 Å². The Kier molecular flexibility index (Phi) is 5.36. The predicted molar refractivity (Wildman–Crippen MR) is 40.1 cm³/mol. The Morgan fingerprint density at radius 2 is 1.91 bits per heavy atom. The Hall–Kier alpha value is -1.75. The lowest BCUT2D eigenvalue weighted by Gasteiger charge is -1.97. The summed E-state index contributed by atoms with van der Waals surface area (Å²) in [5, 5.41) is 20.8. The highest BCUT2D eigenvalue weighted by atomic mass is 15.2. The predicted octanol–water partition coefficient (Wildman–Crippen LogP) is -0.106. The first-order valence-corrected chi connectivity index (χ1v) is 3.19. The zero-order chi connectivity index (χ0) is 8.53. The maximum Gasteiger partial charge on any atom is 0.218 e. The number of nitrogens with one attached hydrogen (secondary N) is 2. The van der Waals surface area contributed by atoms with Gasteiger partial charge < -0.3 is 0 Å². The van der Waals surface area contributed by atoms with Crippen LogP contribution in [0.25, 0.3) is 0 Å². The maximum atomic E-state index is 8.17. The van der Waals surface area contributed by atoms with Gasteiger partial charge in [0.1, 0.15) is 0 Å². The van der Waals surface area contributed by atoms with Crippen molar-refractivity contribution in [3.8, 4) is 12.4 Å². The van der Waals surface area contributed by atoms with Crippen molar-refractivity contribution in [1.29, 1.82) is 10.5 Å². The van der Waals surface area contributed by atoms with E-state index in [1.54, 1.807) is 12.4 Å². The van der Waals surface area contributed by atoms with Crippen molar-refractivity contribution >= 4 is 5.96 Å². The van der Waals surface area contributed by atoms with Gasteiger partial charge in [0.2, 0.25) is 5.96 Å². The van der Waals surface area contributed by atoms with E-state index in [2.05, 4.69) is 15.6 Å². The second-order valence-corrected chi connectivity index (χ2v) is 1.70. The van der Waals surface area contributed by atoms with Gasteiger partial charge in [0.05, 0.1) is 0 Å². The first kappa shape index (κ1) is 9.25. The lowest BCUT2D eigenvalue weighted by molar-refractivity contribution is 0.911. The molecule has 0 bridgehead atoms. The van der Waals surface area contributed by atoms with Crippen molar-refractivity contribution in [2.45, 2.75) is 13.3 Å². The fraction of sp³-hybridized carbons (Fsp3) is 0.500. The summed E-state index contributed by atoms with van der Waals surface area (Å²) in [5.74, 6) is 0.205. The van der Waals surface area contributed by atoms with Crippen molar-refractivity contribution in [1.82, 2.24) is 10.6 Å². The molecule has 0 aliphatic heterocycles. The third-order valence-electron chi connectivity index (χ3n) is 0.842. The van der Waals surface area contributed by atoms with Crippen LogP contribution >= 0.6 is 0 Å². The molecule has 0 fully saturated rings. The van der Waals surface area contributed by atoms with Crippen LogP contribution in [-0.4, -0.2) is 12.5 Å². The first-order chi connectivity index (χ1) is 5.35. The largest absolute Gasteiger partial charge is 0.262 e. The molecule has 0 unspecified atom stereocenters. The standard InChI is InChI=1S/C6H9N5/c1-2-3-9-6(10-4-7)11-5-8/h2-3H2,1H3,(H2,9,10,11). The first-order valence-electron chi connectivity index (χ1n) is 3.19. The van der Waals surface area contributed by atoms with Gasteiger partial charge in [-0.15, -0.1) is 0 Å². The van der Waals surface area contributed by atoms with Crippen LogP contribution in [0.3, 0.4) is 0 Å². The molecule has 11 heavy (non-hydrogen) atoms. The number of hydrogen-bond acceptors (Lipinski definition) is 3. The van der Waals surface area contributed by atoms with Crippen LogP contribution in [0.1, 0.15) is 13.3 Å². The van der Waals surface area contributed by atoms with Crippen molar-refractivity contribution in [2.75, 3.05) is 6.54 Å². The summed E-state index contributed by atoms with van der Waals surface area (Å²) in [5.41, 5.74) is 0. The molecule has 5 heteroatoms. The minimum atomic E-state index is 0.205. The molecule has 0 aliphatic rings. The lowest BCUT2D eigenvalue weighted by Crippen LogP contribution is -2.31. The Morgan fingerprint density at radius 3 is 2.27 bits per heavy atom. The van der Waals surface area contributed by atoms with Crippen LogP contribution < -0.4 is 10.6 Å². The van der Waals surface area contributed by atoms with Crippen LogP contribution in [0.15, 0.2) is 4.99 Å². The van der Waals surface area contributed by atoms with Gasteiger partial charge in [0.15, 0.2) is 12.4 Å². The van der Waals surface area contributed by atoms with E-state index in [1.807, 2.05) is 6.92 Å². The molecule has 2 N–H and O–H groups in total. The van der Waals surface area contributed by atoms with Crippen LogP contribution in [0.5, 0.6) is 0 Å². The Balaban J connectivity index is 3.90. The zero-order valence-electron chi connectivity index (χ0n) is 6.26. The molecule has 0 atom stereocenters. The second-order valence-electron chi connectivity index (χ2n) is 1.70. The Bertz CT molecular complexity index is 188. The van der Waals surface area contributed by atoms with Gasteiger partial charge in [0, 0.05) is 6.54 Å². The van der Waals surface area contributed by atoms with Gasteiger partial charge in [-0.3, -0.25) is 15.6 Å². The SMILES string of the molecule is CCCN=C(NC#N)NC#N. The summed E-state index contributed by atoms with van der Waals surface area (Å²) in [6.07, 6.45) is 4.21. The van der Waals surface area contributed by atoms with Gasteiger partial charge in [-0.05, 0) is 6.42 Å². The molecule has 5 nitrogen and oxygen atoms in total. The van der Waals surface area contributed by atoms with E-state index < -0.39 is 0 Å². The molecule has 0 saturated heterocycles. The normalized spacial score (nSPS) is 7.18. The Labute approximate surface area is 65.3 Å². The van der Waals surface area contributed by atoms with E-state index in [4.69, 9.17) is 10.5 Å². The number of hydrogen-bond donors (Lipinski definition) is 2. The number of nitrogens with zero attached hydrogens (tertiary/aromatic N) is 3. The molecule has 0 saturated carbocycles. The van der Waals surface area contributed by atoms with E-state index in [1.165, 1.54) is 0 Å². The summed E-state index contributed by atoms with van der Waals surface area (Å²) in [7, 11) is 0. The molecule has 0 radical (unpaired) electrons. The summed E-state index contributed by atoms with van der Waals surface area (Å²) >= 11 is 0. The summed E-state index contributed by atoms with van der Waals surface area (Å²) in [4.78, 5) is 3.87. The average Bonchev–Trinajstić information content (AvgIpc) is 2.01. The van der Waals surface area contributed by atoms with E-state index in [0.717, 1.165) is 6.42 Å². The molecule has 0 spiro atoms. The van der Waals surface area contributed by atoms with Crippen LogP contribution in [-0.2, 0) is 0 Å². The van der Waals surface area contributed by atoms with Crippen LogP contribution in [0, 0.1) is 22.9 Å². The number of aliphatic imine (C=N–C) groups is 1. The average molecular weight is 151 g/mol. The van der Waals surface area contributed by atoms with E-state index >= 15 is 0 Å². The van der Waals surface area contributed by atoms with Crippen molar-refractivity contribution in [3.63, 3.8) is 0 Å². The summed E-state index contributed by atoms with van der Waals surface area (Å²) in [6, 6.07) is 0. The molecule has 0 rings (SSSR count). The summed E-state index contributed by atoms with van der Waals surface area (Å²) in [6.45, 7) is 2.55. The molecule has 0 aromatic heterocycles. The zero-order valence-corrected chi connectivity index (χ0v) is 6.26. The highest BCUT2D eigenvalue weighted by Gasteiger charge is 1.91. The van der Waals surface area contributed by atoms with Gasteiger partial charge >= 0.3 is 0 Å². The molecule has 58 valence electrons. The van der Waals surface area contributed by atoms with Gasteiger partial charge in [0.25, 0.3) is 0 Å². The summed E-state index contributed by atoms with van der Waals surface area (Å²) < 4.78 is 0. The quantitative estimate of drug-likeness (QED) is 0.250. The minimum Gasteiger partial charge on any atom is -0.262 e. The lowest BCUT2D eigenvalue weighted by atomic mass is 10.5. The number of nitriles is 2. The molecule has 0 heterocycles. The molecule has 0 aromatic carbocycles. The minimum absolute atomic E-state index is 0.205. The van der Waals surface area contributed by atoms with Crippen molar-refractivity contribution in [2.24, 2.45) is 4.99 Å². The molecular weight excluding hydrogens is 142 g/mol. The third kappa shape index (κ3) is 4.73. The van der Waals surface area contributed by atoms with Crippen LogP contribution in [0.2, 0.25) is 0 Å². The molecule has 0 aromatic rings. The maximum absolute atomic E-state index is 8.17. The van der Waals surface area contributed by atoms with Crippen molar-refractivity contribution in [3.05, 3.63) is 0 Å². The fourth-order valence-corrected chi connectivity index (χ4v) is 0.440. The highest BCUT2D eigenvalue weighted by molar-refractivity contribution is 5.82. The molecule has 0 amide bonds. The van der Waals surface area contributed by atoms with Gasteiger partial charge in [-0.25, -0.2) is 0 Å². The van der Waals surface area contributed by atoms with E-state index in [9.17, 15) is 0 Å². The Morgan fingerprint density at radius 1 is 1.36 bits per heavy atom. The van der Waals surface area contributed by atoms with Crippen molar-refractivity contribution < 1.29 is 0 Å². The monoisotopic (exact) mass is 151 g/mol. The van der Waals surface area contributed by atoms with Gasteiger partial charge in [-0.2, -0.15) is 10.5 Å². The van der Waals surface area contributed by atoms with Gasteiger partial charge in [-0.1, -0.05) is 6.92 Å². The number of guanidine groups is 1.